The molecule has 1 aliphatic rings. The summed E-state index contributed by atoms with van der Waals surface area (Å²) in [5.41, 5.74) is 0.408. The van der Waals surface area contributed by atoms with Crippen LogP contribution >= 0.6 is 11.3 Å². The molecule has 0 spiro atoms. The number of aliphatic hydroxyl groups excluding tert-OH is 1. The zero-order valence-corrected chi connectivity index (χ0v) is 13.9. The predicted molar refractivity (Wildman–Crippen MR) is 83.5 cm³/mol. The third-order valence-corrected chi connectivity index (χ3v) is 5.18. The lowest BCUT2D eigenvalue weighted by Crippen LogP contribution is -2.43. The number of thiazole rings is 1. The molecule has 5 heteroatoms. The molecule has 4 nitrogen and oxygen atoms in total. The van der Waals surface area contributed by atoms with Crippen molar-refractivity contribution in [2.45, 2.75) is 58.5 Å². The summed E-state index contributed by atoms with van der Waals surface area (Å²) in [5, 5.41) is 13.0. The van der Waals surface area contributed by atoms with Crippen LogP contribution in [0.3, 0.4) is 0 Å². The van der Waals surface area contributed by atoms with Gasteiger partial charge in [-0.05, 0) is 18.8 Å². The van der Waals surface area contributed by atoms with Gasteiger partial charge in [-0.25, -0.2) is 9.78 Å². The van der Waals surface area contributed by atoms with Gasteiger partial charge in [0.25, 0.3) is 0 Å². The van der Waals surface area contributed by atoms with Crippen LogP contribution in [0.2, 0.25) is 0 Å². The largest absolute Gasteiger partial charge is 0.512 e. The summed E-state index contributed by atoms with van der Waals surface area (Å²) in [6, 6.07) is 0. The number of cyclic esters (lactones) is 1. The highest BCUT2D eigenvalue weighted by Crippen LogP contribution is 2.36. The van der Waals surface area contributed by atoms with Gasteiger partial charge in [-0.1, -0.05) is 27.7 Å². The first-order valence-corrected chi connectivity index (χ1v) is 8.27. The van der Waals surface area contributed by atoms with E-state index in [9.17, 15) is 9.90 Å². The van der Waals surface area contributed by atoms with Gasteiger partial charge in [0.05, 0.1) is 16.8 Å². The molecule has 1 atom stereocenters. The number of hydrogen-bond acceptors (Lipinski definition) is 5. The summed E-state index contributed by atoms with van der Waals surface area (Å²) in [4.78, 5) is 16.2. The molecule has 2 rings (SSSR count). The van der Waals surface area contributed by atoms with Crippen molar-refractivity contribution in [1.29, 1.82) is 0 Å². The van der Waals surface area contributed by atoms with Gasteiger partial charge >= 0.3 is 5.97 Å². The number of ether oxygens (including phenoxy) is 1. The number of rotatable bonds is 5. The standard InChI is InChI=1S/C16H23NO3S/c1-10(2)15-17-12(9-21-15)5-6-16(11(3)4)8-13(18)7-14(19)20-16/h7,9-11,18H,5-6,8H2,1-4H3. The van der Waals surface area contributed by atoms with Crippen molar-refractivity contribution in [3.63, 3.8) is 0 Å². The Kier molecular flexibility index (Phi) is 4.71. The van der Waals surface area contributed by atoms with Gasteiger partial charge in [-0.3, -0.25) is 0 Å². The lowest BCUT2D eigenvalue weighted by Gasteiger charge is -2.38. The van der Waals surface area contributed by atoms with Crippen LogP contribution < -0.4 is 0 Å². The number of aryl methyl sites for hydroxylation is 1. The van der Waals surface area contributed by atoms with Crippen LogP contribution in [0, 0.1) is 5.92 Å². The fraction of sp³-hybridized carbons (Fsp3) is 0.625. The molecule has 1 unspecified atom stereocenters. The van der Waals surface area contributed by atoms with Gasteiger partial charge in [0.2, 0.25) is 0 Å². The molecular formula is C16H23NO3S. The highest BCUT2D eigenvalue weighted by molar-refractivity contribution is 7.09. The zero-order valence-electron chi connectivity index (χ0n) is 13.0. The molecule has 1 aliphatic heterocycles. The fourth-order valence-corrected chi connectivity index (χ4v) is 3.42. The number of aliphatic hydroxyl groups is 1. The summed E-state index contributed by atoms with van der Waals surface area (Å²) in [7, 11) is 0. The van der Waals surface area contributed by atoms with Crippen molar-refractivity contribution in [1.82, 2.24) is 4.98 Å². The molecule has 116 valence electrons. The Balaban J connectivity index is 2.10. The van der Waals surface area contributed by atoms with E-state index in [1.165, 1.54) is 6.08 Å². The Bertz CT molecular complexity index is 547. The predicted octanol–water partition coefficient (Wildman–Crippen LogP) is 3.98. The van der Waals surface area contributed by atoms with E-state index in [0.29, 0.717) is 18.8 Å². The Morgan fingerprint density at radius 1 is 1.43 bits per heavy atom. The summed E-state index contributed by atoms with van der Waals surface area (Å²) in [6.07, 6.45) is 2.98. The second kappa shape index (κ2) is 6.18. The quantitative estimate of drug-likeness (QED) is 0.836. The number of carbonyl (C=O) groups is 1. The number of esters is 1. The Labute approximate surface area is 129 Å². The molecule has 0 amide bonds. The Hall–Kier alpha value is -1.36. The van der Waals surface area contributed by atoms with Gasteiger partial charge in [-0.2, -0.15) is 0 Å². The van der Waals surface area contributed by atoms with E-state index in [1.807, 2.05) is 13.8 Å². The molecule has 0 saturated heterocycles. The Morgan fingerprint density at radius 3 is 2.67 bits per heavy atom. The van der Waals surface area contributed by atoms with Crippen LogP contribution in [0.1, 0.15) is 57.2 Å². The second-order valence-electron chi connectivity index (χ2n) is 6.28. The van der Waals surface area contributed by atoms with Crippen LogP contribution in [0.4, 0.5) is 0 Å². The number of carbonyl (C=O) groups excluding carboxylic acids is 1. The zero-order chi connectivity index (χ0) is 15.6. The van der Waals surface area contributed by atoms with Crippen LogP contribution in [-0.2, 0) is 16.0 Å². The van der Waals surface area contributed by atoms with E-state index in [2.05, 4.69) is 24.2 Å². The summed E-state index contributed by atoms with van der Waals surface area (Å²) >= 11 is 1.67. The van der Waals surface area contributed by atoms with Crippen molar-refractivity contribution >= 4 is 17.3 Å². The highest BCUT2D eigenvalue weighted by Gasteiger charge is 2.41. The molecule has 1 N–H and O–H groups in total. The average molecular weight is 309 g/mol. The van der Waals surface area contributed by atoms with Crippen LogP contribution in [0.15, 0.2) is 17.2 Å². The molecule has 0 fully saturated rings. The van der Waals surface area contributed by atoms with Gasteiger partial charge in [0.1, 0.15) is 11.4 Å². The van der Waals surface area contributed by atoms with E-state index in [1.54, 1.807) is 11.3 Å². The number of nitrogens with zero attached hydrogens (tertiary/aromatic N) is 1. The Morgan fingerprint density at radius 2 is 2.14 bits per heavy atom. The molecule has 0 aromatic carbocycles. The lowest BCUT2D eigenvalue weighted by atomic mass is 9.80. The topological polar surface area (TPSA) is 59.4 Å². The minimum Gasteiger partial charge on any atom is -0.512 e. The molecule has 0 aliphatic carbocycles. The average Bonchev–Trinajstić information content (AvgIpc) is 2.84. The molecule has 0 bridgehead atoms. The van der Waals surface area contributed by atoms with Crippen molar-refractivity contribution < 1.29 is 14.6 Å². The third-order valence-electron chi connectivity index (χ3n) is 3.99. The minimum atomic E-state index is -0.627. The first-order chi connectivity index (χ1) is 9.82. The van der Waals surface area contributed by atoms with Crippen LogP contribution in [0.5, 0.6) is 0 Å². The molecule has 2 heterocycles. The van der Waals surface area contributed by atoms with E-state index < -0.39 is 11.6 Å². The van der Waals surface area contributed by atoms with E-state index in [4.69, 9.17) is 4.74 Å². The van der Waals surface area contributed by atoms with Gasteiger partial charge in [0.15, 0.2) is 0 Å². The number of aromatic nitrogens is 1. The highest BCUT2D eigenvalue weighted by atomic mass is 32.1. The second-order valence-corrected chi connectivity index (χ2v) is 7.17. The van der Waals surface area contributed by atoms with Crippen LogP contribution in [0.25, 0.3) is 0 Å². The maximum atomic E-state index is 11.6. The summed E-state index contributed by atoms with van der Waals surface area (Å²) in [6.45, 7) is 8.30. The third kappa shape index (κ3) is 3.64. The van der Waals surface area contributed by atoms with Crippen molar-refractivity contribution in [2.75, 3.05) is 0 Å². The maximum Gasteiger partial charge on any atom is 0.334 e. The van der Waals surface area contributed by atoms with E-state index in [-0.39, 0.29) is 11.7 Å². The SMILES string of the molecule is CC(C)c1nc(CCC2(C(C)C)CC(O)=CC(=O)O2)cs1. The van der Waals surface area contributed by atoms with Gasteiger partial charge in [0, 0.05) is 17.7 Å². The monoisotopic (exact) mass is 309 g/mol. The molecule has 0 radical (unpaired) electrons. The van der Waals surface area contributed by atoms with Crippen molar-refractivity contribution in [3.05, 3.63) is 27.9 Å². The first kappa shape index (κ1) is 16.0. The molecular weight excluding hydrogens is 286 g/mol. The van der Waals surface area contributed by atoms with E-state index in [0.717, 1.165) is 17.1 Å². The molecule has 1 aromatic rings. The van der Waals surface area contributed by atoms with Gasteiger partial charge < -0.3 is 9.84 Å². The number of hydrogen-bond donors (Lipinski definition) is 1. The van der Waals surface area contributed by atoms with Crippen molar-refractivity contribution in [2.24, 2.45) is 5.92 Å². The summed E-state index contributed by atoms with van der Waals surface area (Å²) in [5.74, 6) is 0.234. The normalized spacial score (nSPS) is 22.6. The molecule has 0 saturated carbocycles. The lowest BCUT2D eigenvalue weighted by molar-refractivity contribution is -0.163. The maximum absolute atomic E-state index is 11.6. The van der Waals surface area contributed by atoms with Gasteiger partial charge in [-0.15, -0.1) is 11.3 Å². The minimum absolute atomic E-state index is 0.112. The smallest absolute Gasteiger partial charge is 0.334 e. The molecule has 1 aromatic heterocycles. The fourth-order valence-electron chi connectivity index (χ4n) is 2.55. The van der Waals surface area contributed by atoms with E-state index >= 15 is 0 Å². The summed E-state index contributed by atoms with van der Waals surface area (Å²) < 4.78 is 5.58. The van der Waals surface area contributed by atoms with Crippen LogP contribution in [-0.4, -0.2) is 21.7 Å². The first-order valence-electron chi connectivity index (χ1n) is 7.39. The van der Waals surface area contributed by atoms with Crippen molar-refractivity contribution in [3.8, 4) is 0 Å². The molecule has 21 heavy (non-hydrogen) atoms.